The van der Waals surface area contributed by atoms with E-state index in [4.69, 9.17) is 20.4 Å². The Hall–Kier alpha value is -3.83. The number of oxazole rings is 1. The molecule has 0 aliphatic rings. The number of anilines is 1. The molecule has 0 unspecified atom stereocenters. The second-order valence-electron chi connectivity index (χ2n) is 8.95. The molecule has 35 heavy (non-hydrogen) atoms. The first kappa shape index (κ1) is 22.9. The lowest BCUT2D eigenvalue weighted by Crippen LogP contribution is -2.10. The smallest absolute Gasteiger partial charge is 0.291 e. The van der Waals surface area contributed by atoms with E-state index in [1.54, 1.807) is 12.1 Å². The summed E-state index contributed by atoms with van der Waals surface area (Å²) in [4.78, 5) is 17.3. The van der Waals surface area contributed by atoms with Gasteiger partial charge in [0.1, 0.15) is 11.3 Å². The van der Waals surface area contributed by atoms with Crippen molar-refractivity contribution in [2.75, 3.05) is 5.32 Å². The van der Waals surface area contributed by atoms with E-state index in [1.165, 1.54) is 5.56 Å². The molecule has 0 radical (unpaired) electrons. The van der Waals surface area contributed by atoms with Crippen LogP contribution in [0, 0.1) is 6.92 Å². The van der Waals surface area contributed by atoms with Crippen LogP contribution < -0.4 is 5.32 Å². The maximum absolute atomic E-state index is 12.7. The van der Waals surface area contributed by atoms with E-state index in [0.717, 1.165) is 27.8 Å². The molecule has 1 N–H and O–H groups in total. The molecule has 3 aromatic carbocycles. The number of hydrogen-bond acceptors (Lipinski definition) is 4. The fraction of sp³-hybridized carbons (Fsp3) is 0.172. The van der Waals surface area contributed by atoms with Crippen molar-refractivity contribution in [1.29, 1.82) is 0 Å². The zero-order chi connectivity index (χ0) is 24.5. The molecule has 0 saturated heterocycles. The van der Waals surface area contributed by atoms with Gasteiger partial charge in [0.05, 0.1) is 0 Å². The second-order valence-corrected chi connectivity index (χ2v) is 9.35. The van der Waals surface area contributed by atoms with E-state index in [9.17, 15) is 4.79 Å². The summed E-state index contributed by atoms with van der Waals surface area (Å²) in [6, 6.07) is 22.9. The average Bonchev–Trinajstić information content (AvgIpc) is 3.48. The molecular weight excluding hydrogens is 460 g/mol. The summed E-state index contributed by atoms with van der Waals surface area (Å²) in [5, 5.41) is 3.53. The Morgan fingerprint density at radius 3 is 2.51 bits per heavy atom. The van der Waals surface area contributed by atoms with Gasteiger partial charge in [0.2, 0.25) is 0 Å². The Kier molecular flexibility index (Phi) is 6.18. The molecule has 0 fully saturated rings. The highest BCUT2D eigenvalue weighted by Crippen LogP contribution is 2.27. The summed E-state index contributed by atoms with van der Waals surface area (Å²) < 4.78 is 11.7. The van der Waals surface area contributed by atoms with E-state index in [1.807, 2.05) is 55.5 Å². The molecule has 0 aliphatic carbocycles. The lowest BCUT2D eigenvalue weighted by molar-refractivity contribution is 0.0997. The highest BCUT2D eigenvalue weighted by Gasteiger charge is 2.14. The molecule has 2 aromatic heterocycles. The quantitative estimate of drug-likeness (QED) is 0.265. The van der Waals surface area contributed by atoms with E-state index in [-0.39, 0.29) is 11.7 Å². The third kappa shape index (κ3) is 5.00. The summed E-state index contributed by atoms with van der Waals surface area (Å²) in [6.07, 6.45) is 0.570. The van der Waals surface area contributed by atoms with Crippen molar-refractivity contribution in [3.05, 3.63) is 106 Å². The molecule has 1 amide bonds. The lowest BCUT2D eigenvalue weighted by Gasteiger charge is -2.05. The van der Waals surface area contributed by atoms with E-state index in [2.05, 4.69) is 36.3 Å². The minimum atomic E-state index is -0.317. The highest BCUT2D eigenvalue weighted by molar-refractivity contribution is 6.31. The Bertz CT molecular complexity index is 1510. The van der Waals surface area contributed by atoms with Crippen LogP contribution in [0.5, 0.6) is 0 Å². The van der Waals surface area contributed by atoms with Crippen molar-refractivity contribution in [1.82, 2.24) is 4.98 Å². The largest absolute Gasteiger partial charge is 0.451 e. The molecule has 0 spiro atoms. The normalized spacial score (nSPS) is 11.3. The van der Waals surface area contributed by atoms with Gasteiger partial charge in [-0.15, -0.1) is 0 Å². The van der Waals surface area contributed by atoms with Gasteiger partial charge in [0.15, 0.2) is 17.2 Å². The summed E-state index contributed by atoms with van der Waals surface area (Å²) in [5.74, 6) is 1.61. The van der Waals surface area contributed by atoms with Gasteiger partial charge in [-0.1, -0.05) is 55.8 Å². The number of aromatic nitrogens is 1. The van der Waals surface area contributed by atoms with Gasteiger partial charge in [0, 0.05) is 22.7 Å². The Labute approximate surface area is 208 Å². The van der Waals surface area contributed by atoms with Gasteiger partial charge >= 0.3 is 0 Å². The molecule has 5 rings (SSSR count). The minimum absolute atomic E-state index is 0.230. The predicted molar refractivity (Wildman–Crippen MR) is 139 cm³/mol. The van der Waals surface area contributed by atoms with Crippen molar-refractivity contribution in [3.63, 3.8) is 0 Å². The molecular formula is C29H25ClN2O3. The molecule has 6 heteroatoms. The van der Waals surface area contributed by atoms with Crippen LogP contribution in [0.1, 0.15) is 52.9 Å². The fourth-order valence-corrected chi connectivity index (χ4v) is 4.04. The standard InChI is InChI=1S/C29H25ClN2O3/c1-17(2)20-8-11-26-24(16-20)32-28(35-26)14-19-5-9-22(10-6-19)31-29(33)27-13-12-25(34-27)21-7-4-18(3)23(30)15-21/h4-13,15-17H,14H2,1-3H3,(H,31,33). The van der Waals surface area contributed by atoms with Crippen molar-refractivity contribution >= 4 is 34.3 Å². The maximum atomic E-state index is 12.7. The third-order valence-corrected chi connectivity index (χ3v) is 6.38. The fourth-order valence-electron chi connectivity index (χ4n) is 3.86. The van der Waals surface area contributed by atoms with Crippen LogP contribution in [0.3, 0.4) is 0 Å². The number of nitrogens with zero attached hydrogens (tertiary/aromatic N) is 1. The third-order valence-electron chi connectivity index (χ3n) is 5.98. The first-order chi connectivity index (χ1) is 16.9. The van der Waals surface area contributed by atoms with E-state index in [0.29, 0.717) is 34.7 Å². The van der Waals surface area contributed by atoms with Gasteiger partial charge in [0.25, 0.3) is 5.91 Å². The Morgan fingerprint density at radius 1 is 0.971 bits per heavy atom. The van der Waals surface area contributed by atoms with Gasteiger partial charge in [-0.25, -0.2) is 4.98 Å². The van der Waals surface area contributed by atoms with Crippen molar-refractivity contribution < 1.29 is 13.6 Å². The Balaban J connectivity index is 1.25. The van der Waals surface area contributed by atoms with Gasteiger partial charge in [-0.05, 0) is 72.0 Å². The zero-order valence-electron chi connectivity index (χ0n) is 19.8. The first-order valence-corrected chi connectivity index (χ1v) is 11.9. The summed E-state index contributed by atoms with van der Waals surface area (Å²) in [7, 11) is 0. The topological polar surface area (TPSA) is 68.3 Å². The van der Waals surface area contributed by atoms with Crippen LogP contribution in [0.4, 0.5) is 5.69 Å². The monoisotopic (exact) mass is 484 g/mol. The van der Waals surface area contributed by atoms with E-state index < -0.39 is 0 Å². The van der Waals surface area contributed by atoms with Crippen LogP contribution in [-0.2, 0) is 6.42 Å². The van der Waals surface area contributed by atoms with Gasteiger partial charge in [-0.3, -0.25) is 4.79 Å². The summed E-state index contributed by atoms with van der Waals surface area (Å²) >= 11 is 6.21. The molecule has 0 bridgehead atoms. The van der Waals surface area contributed by atoms with Crippen LogP contribution >= 0.6 is 11.6 Å². The van der Waals surface area contributed by atoms with Crippen molar-refractivity contribution in [2.24, 2.45) is 0 Å². The van der Waals surface area contributed by atoms with Gasteiger partial charge < -0.3 is 14.2 Å². The number of rotatable bonds is 6. The van der Waals surface area contributed by atoms with Crippen molar-refractivity contribution in [2.45, 2.75) is 33.1 Å². The SMILES string of the molecule is Cc1ccc(-c2ccc(C(=O)Nc3ccc(Cc4nc5cc(C(C)C)ccc5o4)cc3)o2)cc1Cl. The number of fused-ring (bicyclic) bond motifs is 1. The van der Waals surface area contributed by atoms with Gasteiger partial charge in [-0.2, -0.15) is 0 Å². The summed E-state index contributed by atoms with van der Waals surface area (Å²) in [5.41, 5.74) is 6.43. The Morgan fingerprint density at radius 2 is 1.77 bits per heavy atom. The molecule has 5 aromatic rings. The molecule has 2 heterocycles. The van der Waals surface area contributed by atoms with Crippen LogP contribution in [0.2, 0.25) is 5.02 Å². The van der Waals surface area contributed by atoms with Crippen LogP contribution in [-0.4, -0.2) is 10.9 Å². The lowest BCUT2D eigenvalue weighted by atomic mass is 10.0. The van der Waals surface area contributed by atoms with Crippen LogP contribution in [0.15, 0.2) is 81.6 Å². The minimum Gasteiger partial charge on any atom is -0.451 e. The van der Waals surface area contributed by atoms with E-state index >= 15 is 0 Å². The average molecular weight is 485 g/mol. The number of aryl methyl sites for hydroxylation is 1. The second kappa shape index (κ2) is 9.43. The zero-order valence-corrected chi connectivity index (χ0v) is 20.5. The summed E-state index contributed by atoms with van der Waals surface area (Å²) in [6.45, 7) is 6.26. The first-order valence-electron chi connectivity index (χ1n) is 11.5. The predicted octanol–water partition coefficient (Wildman–Crippen LogP) is 8.02. The molecule has 0 saturated carbocycles. The molecule has 176 valence electrons. The highest BCUT2D eigenvalue weighted by atomic mass is 35.5. The number of halogens is 1. The molecule has 0 atom stereocenters. The number of amides is 1. The number of carbonyl (C=O) groups is 1. The number of hydrogen-bond donors (Lipinski definition) is 1. The number of carbonyl (C=O) groups excluding carboxylic acids is 1. The maximum Gasteiger partial charge on any atom is 0.291 e. The molecule has 0 aliphatic heterocycles. The number of nitrogens with one attached hydrogen (secondary N) is 1. The number of benzene rings is 3. The number of furan rings is 1. The molecule has 5 nitrogen and oxygen atoms in total. The van der Waals surface area contributed by atoms with Crippen molar-refractivity contribution in [3.8, 4) is 11.3 Å². The van der Waals surface area contributed by atoms with Crippen LogP contribution in [0.25, 0.3) is 22.4 Å².